The maximum atomic E-state index is 12.6. The van der Waals surface area contributed by atoms with Crippen molar-refractivity contribution in [2.24, 2.45) is 7.05 Å². The van der Waals surface area contributed by atoms with Crippen LogP contribution in [-0.4, -0.2) is 19.1 Å². The number of nitrogens with one attached hydrogen (secondary N) is 1. The number of unbranched alkanes of at least 4 members (excludes halogenated alkanes) is 1. The smallest absolute Gasteiger partial charge is 0.325 e. The molecule has 0 aliphatic heterocycles. The van der Waals surface area contributed by atoms with Gasteiger partial charge < -0.3 is 4.98 Å². The third-order valence-corrected chi connectivity index (χ3v) is 4.70. The second-order valence-electron chi connectivity index (χ2n) is 5.75. The van der Waals surface area contributed by atoms with Crippen molar-refractivity contribution in [2.75, 3.05) is 0 Å². The Hall–Kier alpha value is -2.25. The summed E-state index contributed by atoms with van der Waals surface area (Å²) in [6.07, 6.45) is 1.72. The fourth-order valence-corrected chi connectivity index (χ4v) is 3.19. The Morgan fingerprint density at radius 2 is 2.00 bits per heavy atom. The van der Waals surface area contributed by atoms with Gasteiger partial charge in [-0.05, 0) is 18.6 Å². The number of nitrogens with zero attached hydrogens (tertiary/aromatic N) is 3. The van der Waals surface area contributed by atoms with Gasteiger partial charge in [0.15, 0.2) is 0 Å². The van der Waals surface area contributed by atoms with E-state index in [0.29, 0.717) is 28.6 Å². The van der Waals surface area contributed by atoms with Gasteiger partial charge in [0.25, 0.3) is 5.56 Å². The van der Waals surface area contributed by atoms with Crippen molar-refractivity contribution < 1.29 is 0 Å². The molecule has 25 heavy (non-hydrogen) atoms. The molecule has 0 fully saturated rings. The Morgan fingerprint density at radius 3 is 2.68 bits per heavy atom. The third kappa shape index (κ3) is 3.05. The summed E-state index contributed by atoms with van der Waals surface area (Å²) in [7, 11) is 1.45. The lowest BCUT2D eigenvalue weighted by molar-refractivity contribution is 0.583. The van der Waals surface area contributed by atoms with Crippen molar-refractivity contribution in [3.05, 3.63) is 54.8 Å². The molecule has 0 spiro atoms. The van der Waals surface area contributed by atoms with Crippen LogP contribution in [0.1, 0.15) is 19.8 Å². The number of hydrogen-bond donors (Lipinski definition) is 1. The average Bonchev–Trinajstić information content (AvgIpc) is 2.59. The summed E-state index contributed by atoms with van der Waals surface area (Å²) in [4.78, 5) is 32.5. The molecule has 0 aliphatic rings. The lowest BCUT2D eigenvalue weighted by Crippen LogP contribution is -2.39. The van der Waals surface area contributed by atoms with Crippen molar-refractivity contribution in [1.82, 2.24) is 19.1 Å². The highest BCUT2D eigenvalue weighted by molar-refractivity contribution is 7.71. The first-order chi connectivity index (χ1) is 12.0. The van der Waals surface area contributed by atoms with Gasteiger partial charge in [0.05, 0.1) is 5.02 Å². The Balaban J connectivity index is 2.42. The molecule has 0 saturated heterocycles. The Bertz CT molecular complexity index is 1130. The van der Waals surface area contributed by atoms with E-state index in [1.807, 2.05) is 19.1 Å². The predicted molar refractivity (Wildman–Crippen MR) is 102 cm³/mol. The second-order valence-corrected chi connectivity index (χ2v) is 6.54. The molecule has 0 saturated carbocycles. The van der Waals surface area contributed by atoms with Gasteiger partial charge in [-0.2, -0.15) is 0 Å². The van der Waals surface area contributed by atoms with Crippen molar-refractivity contribution >= 4 is 34.9 Å². The van der Waals surface area contributed by atoms with E-state index in [1.54, 1.807) is 12.1 Å². The molecule has 6 nitrogen and oxygen atoms in total. The van der Waals surface area contributed by atoms with Crippen LogP contribution in [0.25, 0.3) is 22.4 Å². The van der Waals surface area contributed by atoms with Crippen LogP contribution in [0.5, 0.6) is 0 Å². The van der Waals surface area contributed by atoms with E-state index in [1.165, 1.54) is 11.6 Å². The number of benzene rings is 1. The maximum Gasteiger partial charge on any atom is 0.332 e. The first-order valence-electron chi connectivity index (χ1n) is 7.94. The number of hydrogen-bond acceptors (Lipinski definition) is 4. The highest BCUT2D eigenvalue weighted by Gasteiger charge is 2.15. The zero-order chi connectivity index (χ0) is 18.1. The summed E-state index contributed by atoms with van der Waals surface area (Å²) >= 11 is 11.6. The van der Waals surface area contributed by atoms with Gasteiger partial charge in [0, 0.05) is 19.2 Å². The molecule has 0 amide bonds. The predicted octanol–water partition coefficient (Wildman–Crippen LogP) is 3.27. The van der Waals surface area contributed by atoms with Crippen molar-refractivity contribution in [1.29, 1.82) is 0 Å². The van der Waals surface area contributed by atoms with Crippen LogP contribution in [0, 0.1) is 4.64 Å². The minimum atomic E-state index is -0.452. The third-order valence-electron chi connectivity index (χ3n) is 4.07. The number of rotatable bonds is 4. The monoisotopic (exact) mass is 376 g/mol. The SMILES string of the molecule is CCCCn1c(=O)n(C)c(=O)c2c(=S)nc(-c3ccccc3Cl)[nH]c21. The number of fused-ring (bicyclic) bond motifs is 1. The van der Waals surface area contributed by atoms with E-state index >= 15 is 0 Å². The Labute approximate surface area is 153 Å². The fourth-order valence-electron chi connectivity index (χ4n) is 2.69. The average molecular weight is 377 g/mol. The maximum absolute atomic E-state index is 12.6. The van der Waals surface area contributed by atoms with Crippen LogP contribution in [-0.2, 0) is 13.6 Å². The fraction of sp³-hybridized carbons (Fsp3) is 0.294. The Morgan fingerprint density at radius 1 is 1.28 bits per heavy atom. The summed E-state index contributed by atoms with van der Waals surface area (Å²) in [6, 6.07) is 7.19. The minimum absolute atomic E-state index is 0.148. The molecule has 0 aliphatic carbocycles. The zero-order valence-corrected chi connectivity index (χ0v) is 15.4. The zero-order valence-electron chi connectivity index (χ0n) is 13.9. The minimum Gasteiger partial charge on any atom is -0.325 e. The number of aryl methyl sites for hydroxylation is 1. The van der Waals surface area contributed by atoms with Crippen molar-refractivity contribution in [3.8, 4) is 11.4 Å². The summed E-state index contributed by atoms with van der Waals surface area (Å²) in [5.74, 6) is 0.431. The molecule has 8 heteroatoms. The summed E-state index contributed by atoms with van der Waals surface area (Å²) in [5.41, 5.74) is 0.212. The molecular formula is C17H17ClN4O2S. The van der Waals surface area contributed by atoms with Crippen LogP contribution in [0.3, 0.4) is 0 Å². The normalized spacial score (nSPS) is 11.2. The molecule has 0 unspecified atom stereocenters. The molecule has 3 aromatic rings. The van der Waals surface area contributed by atoms with Crippen LogP contribution < -0.4 is 11.2 Å². The second kappa shape index (κ2) is 6.93. The van der Waals surface area contributed by atoms with E-state index in [9.17, 15) is 9.59 Å². The van der Waals surface area contributed by atoms with E-state index in [2.05, 4.69) is 9.97 Å². The van der Waals surface area contributed by atoms with Gasteiger partial charge in [-0.1, -0.05) is 49.3 Å². The highest BCUT2D eigenvalue weighted by Crippen LogP contribution is 2.25. The lowest BCUT2D eigenvalue weighted by atomic mass is 10.2. The molecule has 0 bridgehead atoms. The van der Waals surface area contributed by atoms with Gasteiger partial charge in [0.2, 0.25) is 0 Å². The lowest BCUT2D eigenvalue weighted by Gasteiger charge is -2.13. The molecule has 1 N–H and O–H groups in total. The largest absolute Gasteiger partial charge is 0.332 e. The van der Waals surface area contributed by atoms with Crippen LogP contribution in [0.15, 0.2) is 33.9 Å². The van der Waals surface area contributed by atoms with Gasteiger partial charge in [0.1, 0.15) is 21.5 Å². The summed E-state index contributed by atoms with van der Waals surface area (Å²) in [6.45, 7) is 2.52. The quantitative estimate of drug-likeness (QED) is 0.709. The number of H-pyrrole nitrogens is 1. The Kier molecular flexibility index (Phi) is 4.87. The van der Waals surface area contributed by atoms with Crippen LogP contribution >= 0.6 is 23.8 Å². The van der Waals surface area contributed by atoms with Gasteiger partial charge in [-0.25, -0.2) is 9.78 Å². The number of aromatic amines is 1. The van der Waals surface area contributed by atoms with E-state index in [0.717, 1.165) is 17.4 Å². The van der Waals surface area contributed by atoms with E-state index < -0.39 is 5.56 Å². The summed E-state index contributed by atoms with van der Waals surface area (Å²) in [5, 5.41) is 0.746. The molecule has 130 valence electrons. The first kappa shape index (κ1) is 17.6. The molecular weight excluding hydrogens is 360 g/mol. The molecule has 1 aromatic carbocycles. The molecule has 3 rings (SSSR count). The van der Waals surface area contributed by atoms with Crippen LogP contribution in [0.2, 0.25) is 5.02 Å². The van der Waals surface area contributed by atoms with Crippen LogP contribution in [0.4, 0.5) is 0 Å². The van der Waals surface area contributed by atoms with Crippen molar-refractivity contribution in [3.63, 3.8) is 0 Å². The molecule has 0 atom stereocenters. The topological polar surface area (TPSA) is 72.7 Å². The van der Waals surface area contributed by atoms with E-state index in [4.69, 9.17) is 23.8 Å². The van der Waals surface area contributed by atoms with Gasteiger partial charge >= 0.3 is 5.69 Å². The highest BCUT2D eigenvalue weighted by atomic mass is 35.5. The first-order valence-corrected chi connectivity index (χ1v) is 8.73. The molecule has 2 aromatic heterocycles. The van der Waals surface area contributed by atoms with Crippen molar-refractivity contribution in [2.45, 2.75) is 26.3 Å². The number of halogens is 1. The number of aromatic nitrogens is 4. The molecule has 2 heterocycles. The molecule has 0 radical (unpaired) electrons. The van der Waals surface area contributed by atoms with Gasteiger partial charge in [-0.15, -0.1) is 0 Å². The van der Waals surface area contributed by atoms with Gasteiger partial charge in [-0.3, -0.25) is 13.9 Å². The summed E-state index contributed by atoms with van der Waals surface area (Å²) < 4.78 is 2.76. The standard InChI is InChI=1S/C17H17ClN4O2S/c1-3-4-9-22-14-12(16(23)21(2)17(22)24)15(25)20-13(19-14)10-7-5-6-8-11(10)18/h5-8H,3-4,9H2,1-2H3,(H,19,20,25). The van der Waals surface area contributed by atoms with E-state index in [-0.39, 0.29) is 15.7 Å².